The molecule has 0 aliphatic heterocycles. The van der Waals surface area contributed by atoms with Crippen LogP contribution in [0.3, 0.4) is 0 Å². The molecule has 0 aromatic carbocycles. The standard InChI is InChI=1S/C10H14/c1-3-7-9-5-2-6-10(7)8(9)4-1/h1,3,7-10H,2,4-6H2. The van der Waals surface area contributed by atoms with Crippen LogP contribution in [-0.2, 0) is 0 Å². The maximum absolute atomic E-state index is 2.49. The molecule has 0 spiro atoms. The molecule has 0 nitrogen and oxygen atoms in total. The minimum atomic E-state index is 1.03. The van der Waals surface area contributed by atoms with Crippen molar-refractivity contribution in [3.8, 4) is 0 Å². The van der Waals surface area contributed by atoms with Crippen LogP contribution in [0.2, 0.25) is 0 Å². The van der Waals surface area contributed by atoms with Crippen LogP contribution in [0.4, 0.5) is 0 Å². The third-order valence-electron chi connectivity index (χ3n) is 3.93. The first kappa shape index (κ1) is 5.40. The van der Waals surface area contributed by atoms with Crippen molar-refractivity contribution >= 4 is 0 Å². The average molecular weight is 134 g/mol. The molecule has 0 heteroatoms. The predicted molar refractivity (Wildman–Crippen MR) is 41.6 cm³/mol. The molecule has 2 saturated carbocycles. The maximum atomic E-state index is 2.49. The van der Waals surface area contributed by atoms with Gasteiger partial charge in [-0.3, -0.25) is 0 Å². The molecule has 4 aliphatic carbocycles. The van der Waals surface area contributed by atoms with Gasteiger partial charge in [0.25, 0.3) is 0 Å². The Labute approximate surface area is 62.3 Å². The lowest BCUT2D eigenvalue weighted by Gasteiger charge is -2.57. The summed E-state index contributed by atoms with van der Waals surface area (Å²) in [6.45, 7) is 0. The van der Waals surface area contributed by atoms with Crippen LogP contribution >= 0.6 is 0 Å². The van der Waals surface area contributed by atoms with Crippen molar-refractivity contribution in [1.82, 2.24) is 0 Å². The normalized spacial score (nSPS) is 56.0. The van der Waals surface area contributed by atoms with Crippen LogP contribution in [0.15, 0.2) is 12.2 Å². The molecule has 2 atom stereocenters. The monoisotopic (exact) mass is 134 g/mol. The van der Waals surface area contributed by atoms with Crippen LogP contribution in [0.25, 0.3) is 0 Å². The second-order valence-electron chi connectivity index (χ2n) is 4.16. The average Bonchev–Trinajstić information content (AvgIpc) is 2.08. The zero-order valence-corrected chi connectivity index (χ0v) is 6.29. The van der Waals surface area contributed by atoms with Crippen molar-refractivity contribution in [2.45, 2.75) is 25.7 Å². The SMILES string of the molecule is C1=CC2C3CCCC2C3C1. The summed E-state index contributed by atoms with van der Waals surface area (Å²) in [5.74, 6) is 4.42. The van der Waals surface area contributed by atoms with Gasteiger partial charge < -0.3 is 0 Å². The lowest BCUT2D eigenvalue weighted by Crippen LogP contribution is -2.50. The Morgan fingerprint density at radius 2 is 1.80 bits per heavy atom. The Morgan fingerprint density at radius 1 is 1.00 bits per heavy atom. The highest BCUT2D eigenvalue weighted by atomic mass is 14.6. The van der Waals surface area contributed by atoms with Gasteiger partial charge in [0, 0.05) is 0 Å². The summed E-state index contributed by atoms with van der Waals surface area (Å²) < 4.78 is 0. The first-order valence-electron chi connectivity index (χ1n) is 4.63. The van der Waals surface area contributed by atoms with Crippen molar-refractivity contribution in [2.24, 2.45) is 23.7 Å². The van der Waals surface area contributed by atoms with Crippen LogP contribution in [-0.4, -0.2) is 0 Å². The van der Waals surface area contributed by atoms with E-state index in [0.29, 0.717) is 0 Å². The van der Waals surface area contributed by atoms with E-state index in [0.717, 1.165) is 23.7 Å². The second kappa shape index (κ2) is 1.66. The number of rotatable bonds is 0. The first-order chi connectivity index (χ1) is 4.97. The van der Waals surface area contributed by atoms with Crippen LogP contribution in [0, 0.1) is 23.7 Å². The topological polar surface area (TPSA) is 0 Å². The summed E-state index contributed by atoms with van der Waals surface area (Å²) in [6, 6.07) is 0. The quantitative estimate of drug-likeness (QED) is 0.447. The Bertz CT molecular complexity index is 168. The van der Waals surface area contributed by atoms with Crippen molar-refractivity contribution < 1.29 is 0 Å². The van der Waals surface area contributed by atoms with Crippen LogP contribution in [0.1, 0.15) is 25.7 Å². The summed E-state index contributed by atoms with van der Waals surface area (Å²) in [4.78, 5) is 0. The van der Waals surface area contributed by atoms with Crippen LogP contribution in [0.5, 0.6) is 0 Å². The van der Waals surface area contributed by atoms with E-state index >= 15 is 0 Å². The summed E-state index contributed by atoms with van der Waals surface area (Å²) in [7, 11) is 0. The van der Waals surface area contributed by atoms with Crippen molar-refractivity contribution in [3.63, 3.8) is 0 Å². The van der Waals surface area contributed by atoms with Gasteiger partial charge in [0.1, 0.15) is 0 Å². The highest BCUT2D eigenvalue weighted by Gasteiger charge is 2.51. The first-order valence-corrected chi connectivity index (χ1v) is 4.63. The van der Waals surface area contributed by atoms with Gasteiger partial charge in [-0.25, -0.2) is 0 Å². The van der Waals surface area contributed by atoms with Crippen molar-refractivity contribution in [2.75, 3.05) is 0 Å². The van der Waals surface area contributed by atoms with E-state index in [2.05, 4.69) is 12.2 Å². The van der Waals surface area contributed by atoms with Gasteiger partial charge >= 0.3 is 0 Å². The maximum Gasteiger partial charge on any atom is -0.0171 e. The minimum Gasteiger partial charge on any atom is -0.0879 e. The zero-order chi connectivity index (χ0) is 6.55. The van der Waals surface area contributed by atoms with Gasteiger partial charge in [-0.2, -0.15) is 0 Å². The molecule has 4 rings (SSSR count). The van der Waals surface area contributed by atoms with Gasteiger partial charge in [-0.1, -0.05) is 18.6 Å². The van der Waals surface area contributed by atoms with Gasteiger partial charge in [0.15, 0.2) is 0 Å². The van der Waals surface area contributed by atoms with E-state index in [1.54, 1.807) is 0 Å². The lowest BCUT2D eigenvalue weighted by molar-refractivity contribution is -0.0480. The van der Waals surface area contributed by atoms with E-state index in [1.165, 1.54) is 25.7 Å². The minimum absolute atomic E-state index is 1.03. The largest absolute Gasteiger partial charge is 0.0879 e. The number of allylic oxidation sites excluding steroid dienone is 2. The van der Waals surface area contributed by atoms with E-state index in [-0.39, 0.29) is 0 Å². The summed E-state index contributed by atoms with van der Waals surface area (Å²) >= 11 is 0. The van der Waals surface area contributed by atoms with E-state index in [9.17, 15) is 0 Å². The number of hydrogen-bond acceptors (Lipinski definition) is 0. The molecule has 0 N–H and O–H groups in total. The Balaban J connectivity index is 1.95. The smallest absolute Gasteiger partial charge is 0.0171 e. The molecule has 0 aromatic heterocycles. The Hall–Kier alpha value is -0.260. The second-order valence-corrected chi connectivity index (χ2v) is 4.16. The molecule has 0 amide bonds. The molecule has 4 bridgehead atoms. The van der Waals surface area contributed by atoms with Gasteiger partial charge in [-0.15, -0.1) is 0 Å². The van der Waals surface area contributed by atoms with Crippen LogP contribution < -0.4 is 0 Å². The lowest BCUT2D eigenvalue weighted by atomic mass is 9.47. The molecule has 0 radical (unpaired) electrons. The fourth-order valence-electron chi connectivity index (χ4n) is 3.49. The third-order valence-corrected chi connectivity index (χ3v) is 3.93. The molecule has 4 aliphatic rings. The number of hydrogen-bond donors (Lipinski definition) is 0. The summed E-state index contributed by atoms with van der Waals surface area (Å²) in [5, 5.41) is 0. The third kappa shape index (κ3) is 0.457. The molecule has 54 valence electrons. The molecular weight excluding hydrogens is 120 g/mol. The van der Waals surface area contributed by atoms with Gasteiger partial charge in [-0.05, 0) is 42.9 Å². The fraction of sp³-hybridized carbons (Fsp3) is 0.800. The highest BCUT2D eigenvalue weighted by molar-refractivity contribution is 5.14. The van der Waals surface area contributed by atoms with E-state index < -0.39 is 0 Å². The van der Waals surface area contributed by atoms with Gasteiger partial charge in [0.2, 0.25) is 0 Å². The molecule has 0 aromatic rings. The van der Waals surface area contributed by atoms with Gasteiger partial charge in [0.05, 0.1) is 0 Å². The van der Waals surface area contributed by atoms with Crippen molar-refractivity contribution in [3.05, 3.63) is 12.2 Å². The molecule has 2 unspecified atom stereocenters. The molecule has 2 fully saturated rings. The van der Waals surface area contributed by atoms with Crippen molar-refractivity contribution in [1.29, 1.82) is 0 Å². The Morgan fingerprint density at radius 3 is 2.30 bits per heavy atom. The summed E-state index contributed by atoms with van der Waals surface area (Å²) in [5.41, 5.74) is 0. The summed E-state index contributed by atoms with van der Waals surface area (Å²) in [6.07, 6.45) is 10.9. The zero-order valence-electron chi connectivity index (χ0n) is 6.29. The highest BCUT2D eigenvalue weighted by Crippen LogP contribution is 2.59. The fourth-order valence-corrected chi connectivity index (χ4v) is 3.49. The molecule has 10 heavy (non-hydrogen) atoms. The number of fused-ring (bicyclic) bond motifs is 1. The molecular formula is C10H14. The molecule has 0 heterocycles. The Kier molecular flexibility index (Phi) is 0.898. The van der Waals surface area contributed by atoms with E-state index in [4.69, 9.17) is 0 Å². The molecule has 0 saturated heterocycles. The van der Waals surface area contributed by atoms with E-state index in [1.807, 2.05) is 0 Å². The predicted octanol–water partition coefficient (Wildman–Crippen LogP) is 2.61.